The number of aromatic nitrogens is 4. The molecule has 24 heavy (non-hydrogen) atoms. The first-order chi connectivity index (χ1) is 11.3. The van der Waals surface area contributed by atoms with Crippen molar-refractivity contribution < 1.29 is 9.53 Å². The molecular formula is C15H18N6O2S. The minimum atomic E-state index is -0.604. The Hall–Kier alpha value is -2.34. The third-order valence-corrected chi connectivity index (χ3v) is 3.87. The van der Waals surface area contributed by atoms with Crippen LogP contribution in [0.25, 0.3) is 10.5 Å². The first-order valence-corrected chi connectivity index (χ1v) is 8.76. The number of fused-ring (bicyclic) bond motifs is 1. The molecule has 0 saturated heterocycles. The van der Waals surface area contributed by atoms with Crippen molar-refractivity contribution in [3.05, 3.63) is 17.6 Å². The summed E-state index contributed by atoms with van der Waals surface area (Å²) in [6.45, 7) is 12.7. The second-order valence-corrected chi connectivity index (χ2v) is 7.24. The Bertz CT molecular complexity index is 831. The number of anilines is 1. The third-order valence-electron chi connectivity index (χ3n) is 3.33. The van der Waals surface area contributed by atoms with Gasteiger partial charge in [-0.15, -0.1) is 4.52 Å². The number of ether oxygens (including phenoxy) is 1. The first kappa shape index (κ1) is 16.5. The summed E-state index contributed by atoms with van der Waals surface area (Å²) in [6, 6.07) is 0.0429. The van der Waals surface area contributed by atoms with Gasteiger partial charge in [0.2, 0.25) is 11.0 Å². The molecule has 0 spiro atoms. The minimum absolute atomic E-state index is 0.0429. The van der Waals surface area contributed by atoms with Gasteiger partial charge in [-0.05, 0) is 39.9 Å². The molecule has 0 radical (unpaired) electrons. The maximum absolute atomic E-state index is 12.7. The molecule has 1 saturated carbocycles. The highest BCUT2D eigenvalue weighted by Crippen LogP contribution is 2.35. The van der Waals surface area contributed by atoms with Gasteiger partial charge in [0.1, 0.15) is 5.60 Å². The molecule has 0 N–H and O–H groups in total. The number of nitrogens with zero attached hydrogens (tertiary/aromatic N) is 6. The van der Waals surface area contributed by atoms with Crippen LogP contribution < -0.4 is 4.90 Å². The largest absolute Gasteiger partial charge is 0.443 e. The Kier molecular flexibility index (Phi) is 4.09. The highest BCUT2D eigenvalue weighted by Gasteiger charge is 2.40. The van der Waals surface area contributed by atoms with Crippen molar-refractivity contribution in [1.82, 2.24) is 19.6 Å². The Balaban J connectivity index is 2.12. The zero-order chi connectivity index (χ0) is 17.5. The lowest BCUT2D eigenvalue weighted by atomic mass is 10.2. The van der Waals surface area contributed by atoms with Crippen molar-refractivity contribution in [3.63, 3.8) is 0 Å². The lowest BCUT2D eigenvalue weighted by molar-refractivity contribution is 0.0576. The molecule has 1 aliphatic carbocycles. The maximum Gasteiger partial charge on any atom is 0.416 e. The highest BCUT2D eigenvalue weighted by molar-refractivity contribution is 7.98. The molecule has 0 unspecified atom stereocenters. The number of hydrogen-bond acceptors (Lipinski definition) is 6. The molecular weight excluding hydrogens is 328 g/mol. The Labute approximate surface area is 144 Å². The van der Waals surface area contributed by atoms with Gasteiger partial charge < -0.3 is 9.58 Å². The zero-order valence-electron chi connectivity index (χ0n) is 14.0. The predicted molar refractivity (Wildman–Crippen MR) is 90.6 cm³/mol. The smallest absolute Gasteiger partial charge is 0.416 e. The molecule has 8 nitrogen and oxygen atoms in total. The quantitative estimate of drug-likeness (QED) is 0.627. The summed E-state index contributed by atoms with van der Waals surface area (Å²) in [5.41, 5.74) is -0.218. The van der Waals surface area contributed by atoms with Crippen LogP contribution in [0.1, 0.15) is 33.6 Å². The number of amides is 1. The molecule has 3 rings (SSSR count). The van der Waals surface area contributed by atoms with Gasteiger partial charge in [0, 0.05) is 6.04 Å². The van der Waals surface area contributed by atoms with Gasteiger partial charge in [0.15, 0.2) is 0 Å². The van der Waals surface area contributed by atoms with Gasteiger partial charge in [-0.2, -0.15) is 4.98 Å². The molecule has 2 aromatic rings. The van der Waals surface area contributed by atoms with Crippen LogP contribution in [-0.2, 0) is 4.74 Å². The topological polar surface area (TPSA) is 77.0 Å². The molecule has 0 atom stereocenters. The van der Waals surface area contributed by atoms with E-state index < -0.39 is 11.7 Å². The van der Waals surface area contributed by atoms with Crippen LogP contribution in [0.2, 0.25) is 0 Å². The van der Waals surface area contributed by atoms with Gasteiger partial charge >= 0.3 is 6.09 Å². The first-order valence-electron chi connectivity index (χ1n) is 7.53. The summed E-state index contributed by atoms with van der Waals surface area (Å²) in [7, 11) is 0. The van der Waals surface area contributed by atoms with Crippen LogP contribution in [0.15, 0.2) is 11.4 Å². The average molecular weight is 346 g/mol. The molecule has 0 bridgehead atoms. The van der Waals surface area contributed by atoms with Crippen molar-refractivity contribution in [2.24, 2.45) is 0 Å². The van der Waals surface area contributed by atoms with Crippen LogP contribution in [0.4, 0.5) is 16.4 Å². The number of rotatable bonds is 3. The number of thioether (sulfide) groups is 1. The summed E-state index contributed by atoms with van der Waals surface area (Å²) in [6.07, 6.45) is 4.60. The van der Waals surface area contributed by atoms with E-state index in [1.807, 2.05) is 27.0 Å². The van der Waals surface area contributed by atoms with E-state index in [1.54, 1.807) is 4.90 Å². The lowest BCUT2D eigenvalue weighted by Gasteiger charge is -2.26. The number of carbonyl (C=O) groups excluding carboxylic acids is 1. The third kappa shape index (κ3) is 3.14. The SMILES string of the molecule is [C-]#[N+]c1cnc2c(N(C(=O)OC(C)(C)C)C3CC3)nc(SC)nn12. The van der Waals surface area contributed by atoms with Crippen molar-refractivity contribution in [3.8, 4) is 0 Å². The maximum atomic E-state index is 12.7. The Morgan fingerprint density at radius 3 is 2.75 bits per heavy atom. The van der Waals surface area contributed by atoms with Crippen molar-refractivity contribution in [1.29, 1.82) is 0 Å². The monoisotopic (exact) mass is 346 g/mol. The van der Waals surface area contributed by atoms with Crippen LogP contribution >= 0.6 is 11.8 Å². The van der Waals surface area contributed by atoms with Gasteiger partial charge in [0.05, 0.1) is 6.20 Å². The van der Waals surface area contributed by atoms with E-state index in [0.29, 0.717) is 16.6 Å². The summed E-state index contributed by atoms with van der Waals surface area (Å²) in [5.74, 6) is 0.671. The molecule has 1 fully saturated rings. The molecule has 1 aliphatic rings. The van der Waals surface area contributed by atoms with E-state index in [4.69, 9.17) is 11.3 Å². The lowest BCUT2D eigenvalue weighted by Crippen LogP contribution is -2.39. The number of carbonyl (C=O) groups is 1. The molecule has 0 aromatic carbocycles. The van der Waals surface area contributed by atoms with Gasteiger partial charge in [-0.1, -0.05) is 23.4 Å². The van der Waals surface area contributed by atoms with Gasteiger partial charge in [-0.25, -0.2) is 9.78 Å². The molecule has 9 heteroatoms. The van der Waals surface area contributed by atoms with Crippen molar-refractivity contribution in [2.45, 2.75) is 50.4 Å². The van der Waals surface area contributed by atoms with Crippen LogP contribution in [0.5, 0.6) is 0 Å². The average Bonchev–Trinajstić information content (AvgIpc) is 3.24. The standard InChI is InChI=1S/C15H18N6O2S/c1-15(2,3)23-14(22)20(9-6-7-9)12-11-17-8-10(16-4)21(11)19-13(18-12)24-5/h8-9H,6-7H2,1-3,5H3. The summed E-state index contributed by atoms with van der Waals surface area (Å²) in [5, 5.41) is 4.76. The fourth-order valence-corrected chi connectivity index (χ4v) is 2.55. The van der Waals surface area contributed by atoms with E-state index in [-0.39, 0.29) is 11.9 Å². The number of imidazole rings is 1. The fourth-order valence-electron chi connectivity index (χ4n) is 2.21. The normalized spacial score (nSPS) is 14.5. The summed E-state index contributed by atoms with van der Waals surface area (Å²) in [4.78, 5) is 26.4. The van der Waals surface area contributed by atoms with Gasteiger partial charge in [0.25, 0.3) is 11.5 Å². The van der Waals surface area contributed by atoms with E-state index in [2.05, 4.69) is 19.9 Å². The molecule has 126 valence electrons. The molecule has 0 aliphatic heterocycles. The van der Waals surface area contributed by atoms with Crippen LogP contribution in [0.3, 0.4) is 0 Å². The predicted octanol–water partition coefficient (Wildman–Crippen LogP) is 3.30. The van der Waals surface area contributed by atoms with E-state index >= 15 is 0 Å². The highest BCUT2D eigenvalue weighted by atomic mass is 32.2. The van der Waals surface area contributed by atoms with Crippen LogP contribution in [-0.4, -0.2) is 43.6 Å². The van der Waals surface area contributed by atoms with E-state index in [1.165, 1.54) is 22.5 Å². The van der Waals surface area contributed by atoms with Crippen molar-refractivity contribution >= 4 is 35.1 Å². The van der Waals surface area contributed by atoms with Crippen molar-refractivity contribution in [2.75, 3.05) is 11.2 Å². The molecule has 2 aromatic heterocycles. The zero-order valence-corrected chi connectivity index (χ0v) is 14.8. The molecule has 2 heterocycles. The van der Waals surface area contributed by atoms with E-state index in [9.17, 15) is 4.79 Å². The molecule has 1 amide bonds. The van der Waals surface area contributed by atoms with E-state index in [0.717, 1.165) is 12.8 Å². The summed E-state index contributed by atoms with van der Waals surface area (Å²) < 4.78 is 6.96. The Morgan fingerprint density at radius 1 is 1.50 bits per heavy atom. The second-order valence-electron chi connectivity index (χ2n) is 6.47. The summed E-state index contributed by atoms with van der Waals surface area (Å²) >= 11 is 1.34. The number of hydrogen-bond donors (Lipinski definition) is 0. The van der Waals surface area contributed by atoms with Crippen LogP contribution in [0, 0.1) is 6.57 Å². The fraction of sp³-hybridized carbons (Fsp3) is 0.533. The Morgan fingerprint density at radius 2 is 2.21 bits per heavy atom. The van der Waals surface area contributed by atoms with Gasteiger partial charge in [-0.3, -0.25) is 4.90 Å². The minimum Gasteiger partial charge on any atom is -0.443 e. The second kappa shape index (κ2) is 5.94.